The lowest BCUT2D eigenvalue weighted by Crippen LogP contribution is -2.48. The van der Waals surface area contributed by atoms with Gasteiger partial charge < -0.3 is 20.3 Å². The minimum atomic E-state index is -0.957. The first-order chi connectivity index (χ1) is 16.7. The second-order valence-electron chi connectivity index (χ2n) is 9.42. The number of likely N-dealkylation sites (N-methyl/N-ethyl adjacent to an activating group) is 1. The topological polar surface area (TPSA) is 131 Å². The molecule has 2 amide bonds. The van der Waals surface area contributed by atoms with Crippen LogP contribution >= 0.6 is 23.2 Å². The minimum Gasteiger partial charge on any atom is -0.479 e. The van der Waals surface area contributed by atoms with E-state index in [0.29, 0.717) is 5.02 Å². The molecule has 10 nitrogen and oxygen atoms in total. The predicted octanol–water partition coefficient (Wildman–Crippen LogP) is 3.00. The fourth-order valence-corrected chi connectivity index (χ4v) is 4.01. The molecule has 1 heterocycles. The third-order valence-corrected chi connectivity index (χ3v) is 5.71. The van der Waals surface area contributed by atoms with Crippen LogP contribution in [0.4, 0.5) is 11.5 Å². The predicted molar refractivity (Wildman–Crippen MR) is 142 cm³/mol. The van der Waals surface area contributed by atoms with Gasteiger partial charge in [0.15, 0.2) is 11.8 Å². The van der Waals surface area contributed by atoms with Gasteiger partial charge in [0, 0.05) is 25.2 Å². The Bertz CT molecular complexity index is 1220. The summed E-state index contributed by atoms with van der Waals surface area (Å²) in [4.78, 5) is 56.0. The molecule has 0 aliphatic rings. The summed E-state index contributed by atoms with van der Waals surface area (Å²) < 4.78 is 6.90. The number of nitrogen functional groups attached to an aromatic ring is 1. The molecule has 0 bridgehead atoms. The quantitative estimate of drug-likeness (QED) is 0.475. The molecule has 0 saturated heterocycles. The number of benzene rings is 1. The van der Waals surface area contributed by atoms with Gasteiger partial charge in [-0.2, -0.15) is 0 Å². The summed E-state index contributed by atoms with van der Waals surface area (Å²) in [5.41, 5.74) is 4.69. The highest BCUT2D eigenvalue weighted by Gasteiger charge is 2.28. The number of carbonyl (C=O) groups excluding carboxylic acids is 2. The Balaban J connectivity index is 2.30. The Morgan fingerprint density at radius 3 is 2.31 bits per heavy atom. The Hall–Kier alpha value is -2.98. The number of anilines is 2. The summed E-state index contributed by atoms with van der Waals surface area (Å²) in [6.07, 6.45) is -0.957. The van der Waals surface area contributed by atoms with Crippen LogP contribution in [0.1, 0.15) is 34.6 Å². The van der Waals surface area contributed by atoms with Gasteiger partial charge in [-0.3, -0.25) is 23.9 Å². The summed E-state index contributed by atoms with van der Waals surface area (Å²) in [6.45, 7) is 9.13. The van der Waals surface area contributed by atoms with Crippen LogP contribution in [-0.2, 0) is 16.1 Å². The lowest BCUT2D eigenvalue weighted by Gasteiger charge is -2.29. The Morgan fingerprint density at radius 1 is 1.11 bits per heavy atom. The van der Waals surface area contributed by atoms with Crippen molar-refractivity contribution in [2.24, 2.45) is 11.8 Å². The monoisotopic (exact) mass is 541 g/mol. The molecule has 0 radical (unpaired) electrons. The normalized spacial score (nSPS) is 12.1. The fourth-order valence-electron chi connectivity index (χ4n) is 3.56. The molecule has 1 aromatic heterocycles. The first-order valence-corrected chi connectivity index (χ1v) is 12.3. The molecule has 0 unspecified atom stereocenters. The number of carbonyl (C=O) groups is 2. The van der Waals surface area contributed by atoms with Crippen molar-refractivity contribution < 1.29 is 14.3 Å². The molecule has 0 saturated carbocycles. The number of aromatic amines is 1. The van der Waals surface area contributed by atoms with Crippen LogP contribution in [-0.4, -0.2) is 52.5 Å². The number of amides is 2. The Morgan fingerprint density at radius 2 is 1.75 bits per heavy atom. The second-order valence-corrected chi connectivity index (χ2v) is 10.3. The van der Waals surface area contributed by atoms with Crippen molar-refractivity contribution >= 4 is 46.5 Å². The van der Waals surface area contributed by atoms with Crippen molar-refractivity contribution in [3.05, 3.63) is 49.1 Å². The number of hydrogen-bond acceptors (Lipinski definition) is 6. The van der Waals surface area contributed by atoms with Gasteiger partial charge in [0.05, 0.1) is 11.6 Å². The Labute approximate surface area is 219 Å². The van der Waals surface area contributed by atoms with Gasteiger partial charge in [0.25, 0.3) is 11.5 Å². The highest BCUT2D eigenvalue weighted by molar-refractivity contribution is 6.35. The molecule has 198 valence electrons. The van der Waals surface area contributed by atoms with Gasteiger partial charge in [0.2, 0.25) is 5.91 Å². The van der Waals surface area contributed by atoms with Crippen LogP contribution in [0.3, 0.4) is 0 Å². The van der Waals surface area contributed by atoms with E-state index in [4.69, 9.17) is 33.7 Å². The van der Waals surface area contributed by atoms with E-state index in [1.54, 1.807) is 12.1 Å². The highest BCUT2D eigenvalue weighted by atomic mass is 35.5. The smallest absolute Gasteiger partial charge is 0.330 e. The van der Waals surface area contributed by atoms with Gasteiger partial charge in [-0.1, -0.05) is 50.9 Å². The van der Waals surface area contributed by atoms with Crippen molar-refractivity contribution in [1.29, 1.82) is 0 Å². The van der Waals surface area contributed by atoms with Gasteiger partial charge >= 0.3 is 5.69 Å². The summed E-state index contributed by atoms with van der Waals surface area (Å²) >= 11 is 12.0. The summed E-state index contributed by atoms with van der Waals surface area (Å²) in [7, 11) is 1.45. The molecular weight excluding hydrogens is 509 g/mol. The number of halogens is 2. The SMILES string of the molecule is CC(C)CN(C(=O)CN(C)C(=O)[C@@H](C)Oc1ccc(Cl)cc1Cl)c1c(N)n(CC(C)C)c(=O)[nH]c1=O. The maximum atomic E-state index is 13.3. The molecule has 3 N–H and O–H groups in total. The molecule has 1 atom stereocenters. The average Bonchev–Trinajstić information content (AvgIpc) is 2.76. The third-order valence-electron chi connectivity index (χ3n) is 5.17. The lowest BCUT2D eigenvalue weighted by atomic mass is 10.2. The number of hydrogen-bond donors (Lipinski definition) is 2. The minimum absolute atomic E-state index is 0.0338. The Kier molecular flexibility index (Phi) is 10.0. The van der Waals surface area contributed by atoms with Crippen molar-refractivity contribution in [2.45, 2.75) is 47.3 Å². The van der Waals surface area contributed by atoms with E-state index >= 15 is 0 Å². The van der Waals surface area contributed by atoms with Crippen molar-refractivity contribution in [1.82, 2.24) is 14.5 Å². The van der Waals surface area contributed by atoms with E-state index in [1.807, 2.05) is 27.7 Å². The fraction of sp³-hybridized carbons (Fsp3) is 0.500. The van der Waals surface area contributed by atoms with Crippen LogP contribution < -0.4 is 26.6 Å². The molecular formula is C24H33Cl2N5O5. The zero-order valence-electron chi connectivity index (χ0n) is 21.3. The molecule has 2 aromatic rings. The first-order valence-electron chi connectivity index (χ1n) is 11.5. The summed E-state index contributed by atoms with van der Waals surface area (Å²) in [6, 6.07) is 4.62. The largest absolute Gasteiger partial charge is 0.479 e. The van der Waals surface area contributed by atoms with Crippen molar-refractivity contribution in [3.8, 4) is 5.75 Å². The molecule has 0 spiro atoms. The molecule has 2 rings (SSSR count). The molecule has 0 fully saturated rings. The van der Waals surface area contributed by atoms with Crippen LogP contribution in [0.2, 0.25) is 10.0 Å². The zero-order valence-corrected chi connectivity index (χ0v) is 22.8. The van der Waals surface area contributed by atoms with E-state index in [1.165, 1.54) is 34.4 Å². The van der Waals surface area contributed by atoms with Gasteiger partial charge in [0.1, 0.15) is 11.6 Å². The molecule has 0 aliphatic carbocycles. The van der Waals surface area contributed by atoms with Crippen LogP contribution in [0.15, 0.2) is 27.8 Å². The zero-order chi connectivity index (χ0) is 27.3. The molecule has 36 heavy (non-hydrogen) atoms. The van der Waals surface area contributed by atoms with Gasteiger partial charge in [-0.05, 0) is 37.0 Å². The van der Waals surface area contributed by atoms with Crippen molar-refractivity contribution in [3.63, 3.8) is 0 Å². The summed E-state index contributed by atoms with van der Waals surface area (Å²) in [5, 5.41) is 0.670. The van der Waals surface area contributed by atoms with E-state index < -0.39 is 29.2 Å². The molecule has 12 heteroatoms. The lowest BCUT2D eigenvalue weighted by molar-refractivity contribution is -0.139. The van der Waals surface area contributed by atoms with Crippen molar-refractivity contribution in [2.75, 3.05) is 30.8 Å². The first kappa shape index (κ1) is 29.3. The van der Waals surface area contributed by atoms with E-state index in [0.717, 1.165) is 0 Å². The van der Waals surface area contributed by atoms with E-state index in [2.05, 4.69) is 4.98 Å². The number of ether oxygens (including phenoxy) is 1. The number of nitrogens with one attached hydrogen (secondary N) is 1. The molecule has 0 aliphatic heterocycles. The maximum absolute atomic E-state index is 13.3. The van der Waals surface area contributed by atoms with Crippen LogP contribution in [0, 0.1) is 11.8 Å². The summed E-state index contributed by atoms with van der Waals surface area (Å²) in [5.74, 6) is -0.816. The van der Waals surface area contributed by atoms with E-state index in [-0.39, 0.29) is 53.7 Å². The van der Waals surface area contributed by atoms with Gasteiger partial charge in [-0.15, -0.1) is 0 Å². The van der Waals surface area contributed by atoms with Gasteiger partial charge in [-0.25, -0.2) is 4.79 Å². The number of rotatable bonds is 10. The van der Waals surface area contributed by atoms with Crippen LogP contribution in [0.5, 0.6) is 5.75 Å². The van der Waals surface area contributed by atoms with E-state index in [9.17, 15) is 19.2 Å². The number of H-pyrrole nitrogens is 1. The maximum Gasteiger partial charge on any atom is 0.330 e. The number of nitrogens with zero attached hydrogens (tertiary/aromatic N) is 3. The molecule has 1 aromatic carbocycles. The standard InChI is InChI=1S/C24H33Cl2N5O5/c1-13(2)10-30(20-21(27)31(11-14(3)4)24(35)28-22(20)33)19(32)12-29(6)23(34)15(5)36-18-8-7-16(25)9-17(18)26/h7-9,13-15H,10-12,27H2,1-6H3,(H,28,33,35)/t15-/m1/s1. The number of aromatic nitrogens is 2. The second kappa shape index (κ2) is 12.3. The average molecular weight is 542 g/mol. The number of nitrogens with two attached hydrogens (primary N) is 1. The van der Waals surface area contributed by atoms with Crippen LogP contribution in [0.25, 0.3) is 0 Å². The highest BCUT2D eigenvalue weighted by Crippen LogP contribution is 2.28. The third kappa shape index (κ3) is 7.27.